The summed E-state index contributed by atoms with van der Waals surface area (Å²) in [6.45, 7) is 18.3. The Morgan fingerprint density at radius 2 is 1.45 bits per heavy atom. The third-order valence-corrected chi connectivity index (χ3v) is 6.27. The average molecular weight is 504 g/mol. The van der Waals surface area contributed by atoms with Gasteiger partial charge in [-0.15, -0.1) is 53.6 Å². The molecule has 0 nitrogen and oxygen atoms in total. The molecule has 0 N–H and O–H groups in total. The number of aryl methyl sites for hydroxylation is 1. The van der Waals surface area contributed by atoms with Gasteiger partial charge in [-0.3, -0.25) is 6.08 Å². The molecule has 1 aliphatic rings. The van der Waals surface area contributed by atoms with Gasteiger partial charge in [0.15, 0.2) is 0 Å². The van der Waals surface area contributed by atoms with E-state index >= 15 is 0 Å². The molecule has 0 saturated carbocycles. The Balaban J connectivity index is 0.000000595. The van der Waals surface area contributed by atoms with Gasteiger partial charge < -0.3 is 14.9 Å². The van der Waals surface area contributed by atoms with Gasteiger partial charge in [-0.25, -0.2) is 5.57 Å². The molecule has 3 aromatic rings. The van der Waals surface area contributed by atoms with Gasteiger partial charge in [0.2, 0.25) is 0 Å². The van der Waals surface area contributed by atoms with Crippen LogP contribution in [-0.2, 0) is 23.3 Å². The second-order valence-corrected chi connectivity index (χ2v) is 7.81. The molecule has 0 saturated heterocycles. The predicted octanol–water partition coefficient (Wildman–Crippen LogP) is 8.39. The van der Waals surface area contributed by atoms with Crippen molar-refractivity contribution in [3.63, 3.8) is 0 Å². The molecule has 2 radical (unpaired) electrons. The Morgan fingerprint density at radius 1 is 0.839 bits per heavy atom. The van der Waals surface area contributed by atoms with Crippen LogP contribution in [0, 0.1) is 47.6 Å². The van der Waals surface area contributed by atoms with Crippen LogP contribution in [0.3, 0.4) is 0 Å². The van der Waals surface area contributed by atoms with Gasteiger partial charge in [0.25, 0.3) is 0 Å². The number of hydrogen-bond acceptors (Lipinski definition) is 0. The van der Waals surface area contributed by atoms with Gasteiger partial charge in [-0.2, -0.15) is 11.1 Å². The summed E-state index contributed by atoms with van der Waals surface area (Å²) in [5.74, 6) is 0.560. The Morgan fingerprint density at radius 3 is 1.97 bits per heavy atom. The molecule has 1 atom stereocenters. The molecular formula is C29H36SiZr-4. The van der Waals surface area contributed by atoms with E-state index in [1.54, 1.807) is 0 Å². The van der Waals surface area contributed by atoms with E-state index in [0.29, 0.717) is 5.92 Å². The zero-order valence-corrected chi connectivity index (χ0v) is 24.2. The van der Waals surface area contributed by atoms with E-state index in [2.05, 4.69) is 110 Å². The molecular weight excluding hydrogens is 468 g/mol. The molecule has 31 heavy (non-hydrogen) atoms. The van der Waals surface area contributed by atoms with E-state index in [-0.39, 0.29) is 14.9 Å². The van der Waals surface area contributed by atoms with E-state index in [9.17, 15) is 0 Å². The maximum absolute atomic E-state index is 3.36. The fraction of sp³-hybridized carbons (Fsp3) is 0.276. The number of allylic oxidation sites excluding steroid dienone is 4. The molecule has 0 spiro atoms. The second-order valence-electron chi connectivity index (χ2n) is 7.81. The Labute approximate surface area is 208 Å². The van der Waals surface area contributed by atoms with Crippen molar-refractivity contribution >= 4 is 17.7 Å². The summed E-state index contributed by atoms with van der Waals surface area (Å²) >= 11 is 1.36. The number of benzene rings is 2. The number of fused-ring (bicyclic) bond motifs is 1. The summed E-state index contributed by atoms with van der Waals surface area (Å²) in [7, 11) is 0. The summed E-state index contributed by atoms with van der Waals surface area (Å²) in [5.41, 5.74) is 11.1. The number of rotatable bonds is 1. The minimum absolute atomic E-state index is 0. The SMILES string of the molecule is CC1=[C-]C(C)C(C)=C1C.Cc1ccc(-c2c[cH-]c3ccccc23)c(C)c1C.[CH3-].[CH3-].[Si]=[Zr]. The molecule has 4 rings (SSSR count). The van der Waals surface area contributed by atoms with Crippen LogP contribution in [-0.4, -0.2) is 6.88 Å². The topological polar surface area (TPSA) is 0 Å². The van der Waals surface area contributed by atoms with E-state index in [0.717, 1.165) is 0 Å². The van der Waals surface area contributed by atoms with Crippen molar-refractivity contribution in [2.75, 3.05) is 0 Å². The third-order valence-electron chi connectivity index (χ3n) is 6.27. The van der Waals surface area contributed by atoms with E-state index in [1.807, 2.05) is 0 Å². The van der Waals surface area contributed by atoms with Crippen molar-refractivity contribution in [1.29, 1.82) is 0 Å². The van der Waals surface area contributed by atoms with Gasteiger partial charge >= 0.3 is 30.2 Å². The fourth-order valence-electron chi connectivity index (χ4n) is 3.80. The van der Waals surface area contributed by atoms with Crippen LogP contribution >= 0.6 is 0 Å². The van der Waals surface area contributed by atoms with Crippen molar-refractivity contribution in [3.05, 3.63) is 103 Å². The Kier molecular flexibility index (Phi) is 12.7. The molecule has 0 heterocycles. The van der Waals surface area contributed by atoms with Gasteiger partial charge in [-0.1, -0.05) is 56.0 Å². The summed E-state index contributed by atoms with van der Waals surface area (Å²) in [6, 6.07) is 17.5. The van der Waals surface area contributed by atoms with Crippen molar-refractivity contribution < 1.29 is 23.3 Å². The fourth-order valence-corrected chi connectivity index (χ4v) is 3.80. The molecule has 0 aliphatic heterocycles. The van der Waals surface area contributed by atoms with Crippen LogP contribution < -0.4 is 0 Å². The standard InChI is InChI=1S/C18H17.C9H13.2CH3.Si.Zr/c1-12-8-10-16(14(3)13(12)2)18-11-9-15-6-4-5-7-17(15)18;1-6-5-7(2)9(4)8(6)3;;;;/h4-11H,1-3H3;6H,1-4H3;2*1H3;;/q4*-1;;. The van der Waals surface area contributed by atoms with Crippen LogP contribution in [0.5, 0.6) is 0 Å². The summed E-state index contributed by atoms with van der Waals surface area (Å²) in [4.78, 5) is 0. The van der Waals surface area contributed by atoms with E-state index in [1.165, 1.54) is 78.6 Å². The zero-order valence-electron chi connectivity index (χ0n) is 20.7. The van der Waals surface area contributed by atoms with E-state index in [4.69, 9.17) is 0 Å². The monoisotopic (exact) mass is 502 g/mol. The van der Waals surface area contributed by atoms with Crippen molar-refractivity contribution in [2.45, 2.75) is 48.5 Å². The quantitative estimate of drug-likeness (QED) is 0.231. The van der Waals surface area contributed by atoms with Crippen LogP contribution in [0.1, 0.15) is 44.4 Å². The first kappa shape index (κ1) is 29.6. The summed E-state index contributed by atoms with van der Waals surface area (Å²) in [6.07, 6.45) is 3.36. The third kappa shape index (κ3) is 6.56. The first-order chi connectivity index (χ1) is 13.8. The van der Waals surface area contributed by atoms with Gasteiger partial charge in [-0.05, 0) is 31.9 Å². The van der Waals surface area contributed by atoms with Crippen LogP contribution in [0.15, 0.2) is 65.3 Å². The van der Waals surface area contributed by atoms with Crippen LogP contribution in [0.2, 0.25) is 0 Å². The molecule has 1 unspecified atom stereocenters. The Hall–Kier alpha value is -1.37. The predicted molar refractivity (Wildman–Crippen MR) is 138 cm³/mol. The molecule has 0 bridgehead atoms. The average Bonchev–Trinajstić information content (AvgIpc) is 3.25. The maximum atomic E-state index is 3.36. The van der Waals surface area contributed by atoms with Gasteiger partial charge in [0, 0.05) is 0 Å². The Bertz CT molecular complexity index is 1070. The molecule has 0 fully saturated rings. The van der Waals surface area contributed by atoms with E-state index < -0.39 is 0 Å². The minimum atomic E-state index is 0. The van der Waals surface area contributed by atoms with Crippen LogP contribution in [0.25, 0.3) is 21.9 Å². The molecule has 0 aromatic heterocycles. The van der Waals surface area contributed by atoms with Gasteiger partial charge in [0.1, 0.15) is 0 Å². The zero-order chi connectivity index (χ0) is 21.7. The first-order valence-corrected chi connectivity index (χ1v) is 14.2. The van der Waals surface area contributed by atoms with Gasteiger partial charge in [0.05, 0.1) is 0 Å². The van der Waals surface area contributed by atoms with Crippen molar-refractivity contribution in [1.82, 2.24) is 0 Å². The second kappa shape index (κ2) is 13.2. The molecule has 2 heteroatoms. The number of hydrogen-bond donors (Lipinski definition) is 0. The normalized spacial score (nSPS) is 14.4. The molecule has 3 aromatic carbocycles. The summed E-state index contributed by atoms with van der Waals surface area (Å²) < 4.78 is 0. The molecule has 1 aliphatic carbocycles. The van der Waals surface area contributed by atoms with Crippen LogP contribution in [0.4, 0.5) is 0 Å². The molecule has 164 valence electrons. The van der Waals surface area contributed by atoms with Crippen molar-refractivity contribution in [3.8, 4) is 11.1 Å². The summed E-state index contributed by atoms with van der Waals surface area (Å²) in [5, 5.41) is 2.67. The van der Waals surface area contributed by atoms with Crippen molar-refractivity contribution in [2.24, 2.45) is 5.92 Å². The first-order valence-electron chi connectivity index (χ1n) is 10.1. The molecule has 0 amide bonds.